The van der Waals surface area contributed by atoms with Crippen LogP contribution >= 0.6 is 0 Å². The fourth-order valence-electron chi connectivity index (χ4n) is 4.76. The number of pyridine rings is 1. The van der Waals surface area contributed by atoms with Crippen LogP contribution in [0.15, 0.2) is 22.9 Å². The first kappa shape index (κ1) is 18.7. The van der Waals surface area contributed by atoms with Gasteiger partial charge in [0.05, 0.1) is 11.2 Å². The first-order chi connectivity index (χ1) is 14.1. The van der Waals surface area contributed by atoms with Crippen molar-refractivity contribution in [3.63, 3.8) is 0 Å². The number of hydrogen-bond acceptors (Lipinski definition) is 6. The van der Waals surface area contributed by atoms with Crippen molar-refractivity contribution in [3.05, 3.63) is 41.3 Å². The number of ether oxygens (including phenoxy) is 1. The number of hydrogen-bond donors (Lipinski definition) is 0. The molecule has 7 heteroatoms. The number of amides is 1. The van der Waals surface area contributed by atoms with Gasteiger partial charge in [-0.25, -0.2) is 0 Å². The van der Waals surface area contributed by atoms with E-state index in [4.69, 9.17) is 9.26 Å². The second-order valence-electron chi connectivity index (χ2n) is 8.84. The summed E-state index contributed by atoms with van der Waals surface area (Å²) >= 11 is 0. The van der Waals surface area contributed by atoms with Gasteiger partial charge in [0.15, 0.2) is 5.82 Å². The van der Waals surface area contributed by atoms with Gasteiger partial charge in [0.2, 0.25) is 5.89 Å². The zero-order valence-corrected chi connectivity index (χ0v) is 17.0. The topological polar surface area (TPSA) is 81.4 Å². The molecule has 1 aliphatic carbocycles. The van der Waals surface area contributed by atoms with E-state index in [2.05, 4.69) is 15.1 Å². The molecule has 4 heterocycles. The number of carbonyl (C=O) groups is 1. The maximum atomic E-state index is 12.9. The van der Waals surface area contributed by atoms with Gasteiger partial charge in [-0.05, 0) is 63.5 Å². The van der Waals surface area contributed by atoms with Crippen LogP contribution in [-0.4, -0.2) is 51.2 Å². The summed E-state index contributed by atoms with van der Waals surface area (Å²) in [7, 11) is 0. The maximum Gasteiger partial charge on any atom is 0.255 e. The van der Waals surface area contributed by atoms with E-state index in [0.717, 1.165) is 69.2 Å². The largest absolute Gasteiger partial charge is 0.375 e. The highest BCUT2D eigenvalue weighted by molar-refractivity contribution is 5.95. The molecule has 2 aromatic heterocycles. The van der Waals surface area contributed by atoms with Crippen LogP contribution in [0, 0.1) is 12.8 Å². The quantitative estimate of drug-likeness (QED) is 0.789. The molecule has 154 valence electrons. The molecule has 2 aromatic rings. The van der Waals surface area contributed by atoms with Crippen LogP contribution in [0.3, 0.4) is 0 Å². The molecule has 1 saturated carbocycles. The summed E-state index contributed by atoms with van der Waals surface area (Å²) in [5, 5.41) is 4.15. The number of nitrogens with zero attached hydrogens (tertiary/aromatic N) is 4. The maximum absolute atomic E-state index is 12.9. The molecular formula is C22H28N4O3. The third kappa shape index (κ3) is 3.92. The van der Waals surface area contributed by atoms with Crippen molar-refractivity contribution in [3.8, 4) is 0 Å². The Kier molecular flexibility index (Phi) is 4.86. The highest BCUT2D eigenvalue weighted by Gasteiger charge is 2.42. The van der Waals surface area contributed by atoms with Crippen molar-refractivity contribution >= 4 is 5.91 Å². The first-order valence-corrected chi connectivity index (χ1v) is 10.8. The molecule has 0 bridgehead atoms. The van der Waals surface area contributed by atoms with Crippen LogP contribution in [0.25, 0.3) is 0 Å². The minimum Gasteiger partial charge on any atom is -0.375 e. The predicted octanol–water partition coefficient (Wildman–Crippen LogP) is 3.29. The summed E-state index contributed by atoms with van der Waals surface area (Å²) in [6.07, 6.45) is 8.73. The summed E-state index contributed by atoms with van der Waals surface area (Å²) in [5.41, 5.74) is 1.37. The van der Waals surface area contributed by atoms with Crippen LogP contribution in [0.4, 0.5) is 0 Å². The molecule has 0 radical (unpaired) electrons. The van der Waals surface area contributed by atoms with E-state index in [-0.39, 0.29) is 11.5 Å². The van der Waals surface area contributed by atoms with Crippen LogP contribution in [0.1, 0.15) is 72.2 Å². The standard InChI is InChI=1S/C22H28N4O3/c1-15-18(3-2-9-23-15)21(27)26-10-7-22(8-11-26)14-16(6-12-28-22)13-19-24-20(25-29-19)17-4-5-17/h2-3,9,16-17H,4-8,10-14H2,1H3. The average molecular weight is 396 g/mol. The number of aryl methyl sites for hydroxylation is 1. The van der Waals surface area contributed by atoms with Crippen LogP contribution < -0.4 is 0 Å². The van der Waals surface area contributed by atoms with E-state index >= 15 is 0 Å². The third-order valence-corrected chi connectivity index (χ3v) is 6.68. The van der Waals surface area contributed by atoms with Crippen molar-refractivity contribution < 1.29 is 14.1 Å². The number of likely N-dealkylation sites (tertiary alicyclic amines) is 1. The number of carbonyl (C=O) groups excluding carboxylic acids is 1. The van der Waals surface area contributed by atoms with Gasteiger partial charge in [-0.15, -0.1) is 0 Å². The number of aromatic nitrogens is 3. The van der Waals surface area contributed by atoms with Gasteiger partial charge in [-0.1, -0.05) is 5.16 Å². The van der Waals surface area contributed by atoms with Crippen LogP contribution in [0.5, 0.6) is 0 Å². The van der Waals surface area contributed by atoms with Crippen molar-refractivity contribution in [1.29, 1.82) is 0 Å². The van der Waals surface area contributed by atoms with E-state index in [1.54, 1.807) is 6.20 Å². The second-order valence-corrected chi connectivity index (χ2v) is 8.84. The van der Waals surface area contributed by atoms with Gasteiger partial charge in [-0.2, -0.15) is 4.98 Å². The van der Waals surface area contributed by atoms with Crippen molar-refractivity contribution in [2.75, 3.05) is 19.7 Å². The van der Waals surface area contributed by atoms with Gasteiger partial charge in [0, 0.05) is 43.9 Å². The highest BCUT2D eigenvalue weighted by Crippen LogP contribution is 2.40. The molecule has 0 N–H and O–H groups in total. The van der Waals surface area contributed by atoms with Gasteiger partial charge in [0.25, 0.3) is 5.91 Å². The van der Waals surface area contributed by atoms with Crippen molar-refractivity contribution in [2.45, 2.75) is 63.4 Å². The summed E-state index contributed by atoms with van der Waals surface area (Å²) in [5.74, 6) is 2.77. The lowest BCUT2D eigenvalue weighted by Gasteiger charge is -2.46. The van der Waals surface area contributed by atoms with E-state index in [9.17, 15) is 4.79 Å². The summed E-state index contributed by atoms with van der Waals surface area (Å²) in [6.45, 7) is 4.11. The van der Waals surface area contributed by atoms with E-state index in [1.165, 1.54) is 12.8 Å². The van der Waals surface area contributed by atoms with E-state index in [1.807, 2.05) is 24.0 Å². The van der Waals surface area contributed by atoms with Crippen molar-refractivity contribution in [1.82, 2.24) is 20.0 Å². The molecular weight excluding hydrogens is 368 g/mol. The van der Waals surface area contributed by atoms with Crippen LogP contribution in [0.2, 0.25) is 0 Å². The van der Waals surface area contributed by atoms with E-state index < -0.39 is 0 Å². The zero-order valence-electron chi connectivity index (χ0n) is 17.0. The summed E-state index contributed by atoms with van der Waals surface area (Å²) in [4.78, 5) is 23.7. The molecule has 2 saturated heterocycles. The smallest absolute Gasteiger partial charge is 0.255 e. The minimum atomic E-state index is -0.122. The number of piperidine rings is 1. The third-order valence-electron chi connectivity index (χ3n) is 6.68. The molecule has 1 spiro atoms. The molecule has 1 amide bonds. The molecule has 29 heavy (non-hydrogen) atoms. The summed E-state index contributed by atoms with van der Waals surface area (Å²) in [6, 6.07) is 3.69. The van der Waals surface area contributed by atoms with Crippen molar-refractivity contribution in [2.24, 2.45) is 5.92 Å². The fourth-order valence-corrected chi connectivity index (χ4v) is 4.76. The molecule has 5 rings (SSSR count). The molecule has 1 atom stereocenters. The number of rotatable bonds is 4. The molecule has 3 aliphatic rings. The zero-order chi connectivity index (χ0) is 19.8. The Hall–Kier alpha value is -2.28. The first-order valence-electron chi connectivity index (χ1n) is 10.8. The Morgan fingerprint density at radius 3 is 2.86 bits per heavy atom. The lowest BCUT2D eigenvalue weighted by Crippen LogP contribution is -2.51. The normalized spacial score (nSPS) is 24.0. The Morgan fingerprint density at radius 2 is 2.10 bits per heavy atom. The Labute approximate surface area is 170 Å². The highest BCUT2D eigenvalue weighted by atomic mass is 16.5. The van der Waals surface area contributed by atoms with Gasteiger partial charge in [-0.3, -0.25) is 9.78 Å². The Morgan fingerprint density at radius 1 is 1.28 bits per heavy atom. The Balaban J connectivity index is 1.19. The SMILES string of the molecule is Cc1ncccc1C(=O)N1CCC2(CC1)CC(Cc1nc(C3CC3)no1)CCO2. The minimum absolute atomic E-state index is 0.0799. The lowest BCUT2D eigenvalue weighted by atomic mass is 9.78. The van der Waals surface area contributed by atoms with Crippen LogP contribution in [-0.2, 0) is 11.2 Å². The molecule has 7 nitrogen and oxygen atoms in total. The van der Waals surface area contributed by atoms with Gasteiger partial charge < -0.3 is 14.2 Å². The molecule has 2 aliphatic heterocycles. The van der Waals surface area contributed by atoms with Gasteiger partial charge in [0.1, 0.15) is 0 Å². The second kappa shape index (κ2) is 7.52. The fraction of sp³-hybridized carbons (Fsp3) is 0.636. The Bertz CT molecular complexity index is 884. The summed E-state index contributed by atoms with van der Waals surface area (Å²) < 4.78 is 11.8. The predicted molar refractivity (Wildman–Crippen MR) is 105 cm³/mol. The molecule has 3 fully saturated rings. The average Bonchev–Trinajstić information content (AvgIpc) is 3.48. The van der Waals surface area contributed by atoms with E-state index in [0.29, 0.717) is 17.4 Å². The molecule has 0 aromatic carbocycles. The molecule has 1 unspecified atom stereocenters. The lowest BCUT2D eigenvalue weighted by molar-refractivity contribution is -0.124. The van der Waals surface area contributed by atoms with Gasteiger partial charge >= 0.3 is 0 Å². The monoisotopic (exact) mass is 396 g/mol.